The molecule has 0 unspecified atom stereocenters. The highest BCUT2D eigenvalue weighted by Crippen LogP contribution is 2.65. The molecule has 1 N–H and O–H groups in total. The number of para-hydroxylation sites is 1. The van der Waals surface area contributed by atoms with Gasteiger partial charge in [0.1, 0.15) is 5.69 Å². The van der Waals surface area contributed by atoms with Crippen molar-refractivity contribution in [1.29, 1.82) is 0 Å². The molecule has 2 fully saturated rings. The van der Waals surface area contributed by atoms with Gasteiger partial charge in [-0.25, -0.2) is 50.4 Å². The Bertz CT molecular complexity index is 1950. The first kappa shape index (κ1) is 29.9. The van der Waals surface area contributed by atoms with E-state index >= 15 is 8.78 Å². The van der Waals surface area contributed by atoms with Gasteiger partial charge in [-0.2, -0.15) is 0 Å². The van der Waals surface area contributed by atoms with E-state index in [0.717, 1.165) is 13.9 Å². The zero-order valence-corrected chi connectivity index (χ0v) is 24.0. The Labute approximate surface area is 253 Å². The van der Waals surface area contributed by atoms with Crippen LogP contribution < -0.4 is 21.0 Å². The van der Waals surface area contributed by atoms with Crippen molar-refractivity contribution in [2.75, 3.05) is 11.5 Å². The van der Waals surface area contributed by atoms with E-state index in [4.69, 9.17) is 27.9 Å². The highest BCUT2D eigenvalue weighted by atomic mass is 35.5. The Kier molecular flexibility index (Phi) is 6.60. The van der Waals surface area contributed by atoms with Gasteiger partial charge in [0.25, 0.3) is 11.8 Å². The van der Waals surface area contributed by atoms with Crippen LogP contribution in [0.4, 0.5) is 27.6 Å². The number of rotatable bonds is 4. The molecule has 1 saturated heterocycles. The van der Waals surface area contributed by atoms with Crippen molar-refractivity contribution < 1.29 is 41.4 Å². The molecule has 44 heavy (non-hydrogen) atoms. The summed E-state index contributed by atoms with van der Waals surface area (Å²) < 4.78 is 80.7. The molecule has 3 aliphatic rings. The Balaban J connectivity index is 1.67. The lowest BCUT2D eigenvalue weighted by Gasteiger charge is -2.49. The predicted octanol–water partition coefficient (Wildman–Crippen LogP) is 3.35. The highest BCUT2D eigenvalue weighted by molar-refractivity contribution is 6.58. The number of anilines is 1. The van der Waals surface area contributed by atoms with Crippen LogP contribution in [-0.2, 0) is 23.2 Å². The van der Waals surface area contributed by atoms with Gasteiger partial charge in [-0.1, -0.05) is 18.2 Å². The summed E-state index contributed by atoms with van der Waals surface area (Å²) in [5.41, 5.74) is -3.57. The first-order valence-corrected chi connectivity index (χ1v) is 13.7. The molecule has 2 amide bonds. The summed E-state index contributed by atoms with van der Waals surface area (Å²) in [6, 6.07) is 2.76. The second-order valence-corrected chi connectivity index (χ2v) is 11.7. The van der Waals surface area contributed by atoms with Crippen LogP contribution in [0.2, 0.25) is 0 Å². The molecule has 6 rings (SSSR count). The third-order valence-corrected chi connectivity index (χ3v) is 9.73. The lowest BCUT2D eigenvalue weighted by atomic mass is 9.64. The van der Waals surface area contributed by atoms with Gasteiger partial charge in [0.05, 0.1) is 19.2 Å². The summed E-state index contributed by atoms with van der Waals surface area (Å²) in [5, 5.41) is 11.3. The van der Waals surface area contributed by atoms with Gasteiger partial charge in [-0.15, -0.1) is 23.2 Å². The number of halogens is 7. The van der Waals surface area contributed by atoms with Crippen molar-refractivity contribution in [2.24, 2.45) is 7.05 Å². The van der Waals surface area contributed by atoms with Crippen LogP contribution in [0.15, 0.2) is 39.4 Å². The number of hydrogen-bond acceptors (Lipinski definition) is 6. The van der Waals surface area contributed by atoms with Crippen LogP contribution in [-0.4, -0.2) is 47.2 Å². The van der Waals surface area contributed by atoms with Crippen LogP contribution >= 0.6 is 23.2 Å². The van der Waals surface area contributed by atoms with Crippen LogP contribution in [0.5, 0.6) is 11.5 Å². The number of benzene rings is 2. The molecule has 17 heteroatoms. The molecule has 0 bridgehead atoms. The van der Waals surface area contributed by atoms with E-state index in [0.29, 0.717) is 0 Å². The minimum Gasteiger partial charge on any atom is -0.504 e. The molecule has 2 aromatic carbocycles. The molecule has 1 aliphatic carbocycles. The van der Waals surface area contributed by atoms with Crippen molar-refractivity contribution in [3.05, 3.63) is 85.5 Å². The Hall–Kier alpha value is -4.11. The maximum atomic E-state index is 15.0. The number of hydrogen-bond donors (Lipinski definition) is 1. The summed E-state index contributed by atoms with van der Waals surface area (Å²) in [4.78, 5) is 48.3. The average molecular weight is 661 g/mol. The van der Waals surface area contributed by atoms with Crippen molar-refractivity contribution in [3.63, 3.8) is 0 Å². The molecule has 1 saturated carbocycles. The zero-order valence-electron chi connectivity index (χ0n) is 22.5. The highest BCUT2D eigenvalue weighted by Gasteiger charge is 2.76. The molecule has 4 atom stereocenters. The number of aromatic hydroxyl groups is 1. The van der Waals surface area contributed by atoms with Crippen molar-refractivity contribution in [2.45, 2.75) is 41.6 Å². The fourth-order valence-electron chi connectivity index (χ4n) is 6.33. The summed E-state index contributed by atoms with van der Waals surface area (Å²) in [6.07, 6.45) is 0.675. The normalized spacial score (nSPS) is 25.9. The monoisotopic (exact) mass is 660 g/mol. The molecule has 10 nitrogen and oxygen atoms in total. The quantitative estimate of drug-likeness (QED) is 0.115. The van der Waals surface area contributed by atoms with Gasteiger partial charge in [0.15, 0.2) is 44.5 Å². The molecule has 0 radical (unpaired) electrons. The van der Waals surface area contributed by atoms with Gasteiger partial charge in [0, 0.05) is 24.9 Å². The second kappa shape index (κ2) is 9.69. The van der Waals surface area contributed by atoms with Crippen LogP contribution in [0.25, 0.3) is 0 Å². The molecular weight excluding hydrogens is 642 g/mol. The van der Waals surface area contributed by atoms with Gasteiger partial charge in [-0.3, -0.25) is 9.59 Å². The van der Waals surface area contributed by atoms with Crippen LogP contribution in [0.3, 0.4) is 0 Å². The van der Waals surface area contributed by atoms with Gasteiger partial charge in [0.2, 0.25) is 5.82 Å². The fraction of sp³-hybridized carbons (Fsp3) is 0.333. The maximum Gasteiger partial charge on any atom is 0.347 e. The topological polar surface area (TPSA) is 116 Å². The number of alkyl halides is 2. The number of phenolic OH excluding ortho intramolecular Hbond substituents is 1. The molecular formula is C27H19Cl2F5N4O6. The average Bonchev–Trinajstić information content (AvgIpc) is 3.30. The molecule has 2 aliphatic heterocycles. The SMILES string of the molecule is CCOc1cccc([C@H]2C3=CCn4c(=O)n(C)c(=O)n4[C@@H]3C[C@@]3(Cl)C(=O)N(c4c(F)c(F)c(F)c(F)c4F)C(=O)[C@@]23Cl)c1O. The number of allylic oxidation sites excluding steroid dienone is 2. The zero-order chi connectivity index (χ0) is 32.2. The van der Waals surface area contributed by atoms with Crippen LogP contribution in [0.1, 0.15) is 30.9 Å². The minimum absolute atomic E-state index is 0.0790. The van der Waals surface area contributed by atoms with E-state index < -0.39 is 91.8 Å². The third-order valence-electron chi connectivity index (χ3n) is 8.32. The summed E-state index contributed by atoms with van der Waals surface area (Å²) >= 11 is 13.9. The number of nitrogens with zero attached hydrogens (tertiary/aromatic N) is 4. The second-order valence-electron chi connectivity index (χ2n) is 10.4. The largest absolute Gasteiger partial charge is 0.504 e. The first-order chi connectivity index (χ1) is 20.6. The van der Waals surface area contributed by atoms with E-state index in [1.165, 1.54) is 31.3 Å². The number of phenols is 1. The lowest BCUT2D eigenvalue weighted by molar-refractivity contribution is -0.122. The van der Waals surface area contributed by atoms with E-state index in [1.54, 1.807) is 6.92 Å². The fourth-order valence-corrected chi connectivity index (χ4v) is 7.23. The number of aromatic nitrogens is 3. The third kappa shape index (κ3) is 3.47. The first-order valence-electron chi connectivity index (χ1n) is 13.0. The van der Waals surface area contributed by atoms with Gasteiger partial charge in [-0.05, 0) is 18.6 Å². The van der Waals surface area contributed by atoms with E-state index in [-0.39, 0.29) is 34.9 Å². The van der Waals surface area contributed by atoms with Crippen LogP contribution in [0, 0.1) is 29.1 Å². The Morgan fingerprint density at radius 2 is 1.57 bits per heavy atom. The molecule has 232 valence electrons. The molecule has 0 spiro atoms. The van der Waals surface area contributed by atoms with Gasteiger partial charge >= 0.3 is 11.4 Å². The number of fused-ring (bicyclic) bond motifs is 4. The molecule has 3 aromatic rings. The van der Waals surface area contributed by atoms with Crippen molar-refractivity contribution in [3.8, 4) is 11.5 Å². The van der Waals surface area contributed by atoms with Crippen molar-refractivity contribution >= 4 is 40.7 Å². The van der Waals surface area contributed by atoms with Crippen molar-refractivity contribution in [1.82, 2.24) is 13.9 Å². The lowest BCUT2D eigenvalue weighted by Crippen LogP contribution is -2.59. The summed E-state index contributed by atoms with van der Waals surface area (Å²) in [6.45, 7) is 1.45. The summed E-state index contributed by atoms with van der Waals surface area (Å²) in [5.74, 6) is -18.0. The maximum absolute atomic E-state index is 15.0. The number of carbonyl (C=O) groups is 2. The molecule has 1 aromatic heterocycles. The standard InChI is InChI=1S/C27H19Cl2F5N4O6/c1-3-44-13-6-4-5-11(21(13)39)14-10-7-8-36-24(42)35(2)25(43)38(36)12(10)9-26(28)22(40)37(23(41)27(14,26)29)20-18(33)16(31)15(30)17(32)19(20)34/h4-7,12,14,39H,3,8-9H2,1-2H3/t12-,14-,26-,27+/m1/s1. The Morgan fingerprint density at radius 1 is 0.955 bits per heavy atom. The van der Waals surface area contributed by atoms with Gasteiger partial charge < -0.3 is 9.84 Å². The number of ether oxygens (including phenoxy) is 1. The van der Waals surface area contributed by atoms with E-state index in [2.05, 4.69) is 0 Å². The number of imide groups is 1. The van der Waals surface area contributed by atoms with E-state index in [1.807, 2.05) is 0 Å². The van der Waals surface area contributed by atoms with E-state index in [9.17, 15) is 37.5 Å². The predicted molar refractivity (Wildman–Crippen MR) is 144 cm³/mol. The Morgan fingerprint density at radius 3 is 2.18 bits per heavy atom. The summed E-state index contributed by atoms with van der Waals surface area (Å²) in [7, 11) is 1.19. The smallest absolute Gasteiger partial charge is 0.347 e. The number of amides is 2. The minimum atomic E-state index is -2.78. The molecule has 3 heterocycles. The number of carbonyl (C=O) groups excluding carboxylic acids is 2.